The zero-order valence-electron chi connectivity index (χ0n) is 13.4. The predicted molar refractivity (Wildman–Crippen MR) is 91.3 cm³/mol. The molecule has 0 aliphatic heterocycles. The van der Waals surface area contributed by atoms with E-state index in [-0.39, 0.29) is 12.4 Å². The molecule has 0 radical (unpaired) electrons. The van der Waals surface area contributed by atoms with Crippen LogP contribution in [0.4, 0.5) is 9.18 Å². The lowest BCUT2D eigenvalue weighted by molar-refractivity contribution is 0.140. The number of fused-ring (bicyclic) bond motifs is 1. The molecule has 2 aromatic carbocycles. The van der Waals surface area contributed by atoms with Crippen molar-refractivity contribution < 1.29 is 13.9 Å². The molecule has 0 aliphatic rings. The van der Waals surface area contributed by atoms with Crippen molar-refractivity contribution in [3.05, 3.63) is 71.2 Å². The average Bonchev–Trinajstić information content (AvgIpc) is 2.89. The second-order valence-corrected chi connectivity index (χ2v) is 5.66. The van der Waals surface area contributed by atoms with Crippen molar-refractivity contribution in [2.75, 3.05) is 6.54 Å². The molecule has 0 saturated heterocycles. The first kappa shape index (κ1) is 16.1. The van der Waals surface area contributed by atoms with E-state index in [0.29, 0.717) is 13.0 Å². The van der Waals surface area contributed by atoms with Crippen LogP contribution in [0.5, 0.6) is 0 Å². The molecule has 2 N–H and O–H groups in total. The van der Waals surface area contributed by atoms with Crippen LogP contribution in [-0.4, -0.2) is 17.6 Å². The topological polar surface area (TPSA) is 54.1 Å². The Balaban J connectivity index is 1.54. The first-order valence-corrected chi connectivity index (χ1v) is 7.85. The maximum atomic E-state index is 13.4. The van der Waals surface area contributed by atoms with Gasteiger partial charge in [-0.3, -0.25) is 0 Å². The molecule has 0 bridgehead atoms. The highest BCUT2D eigenvalue weighted by Crippen LogP contribution is 2.23. The van der Waals surface area contributed by atoms with Gasteiger partial charge in [0.15, 0.2) is 0 Å². The third kappa shape index (κ3) is 3.74. The molecule has 124 valence electrons. The number of aryl methyl sites for hydroxylation is 1. The van der Waals surface area contributed by atoms with Gasteiger partial charge in [0.1, 0.15) is 12.4 Å². The van der Waals surface area contributed by atoms with E-state index in [9.17, 15) is 9.18 Å². The number of amides is 1. The van der Waals surface area contributed by atoms with Crippen LogP contribution in [0.3, 0.4) is 0 Å². The van der Waals surface area contributed by atoms with E-state index in [4.69, 9.17) is 4.74 Å². The Morgan fingerprint density at radius 3 is 2.79 bits per heavy atom. The number of carbonyl (C=O) groups is 1. The van der Waals surface area contributed by atoms with Crippen molar-refractivity contribution in [1.29, 1.82) is 0 Å². The molecular weight excluding hydrogens is 307 g/mol. The van der Waals surface area contributed by atoms with E-state index in [1.807, 2.05) is 37.3 Å². The second-order valence-electron chi connectivity index (χ2n) is 5.66. The van der Waals surface area contributed by atoms with Crippen LogP contribution in [0.25, 0.3) is 10.9 Å². The van der Waals surface area contributed by atoms with Gasteiger partial charge in [-0.15, -0.1) is 0 Å². The molecule has 0 aliphatic carbocycles. The summed E-state index contributed by atoms with van der Waals surface area (Å²) in [5.41, 5.74) is 3.83. The molecule has 0 spiro atoms. The molecule has 3 rings (SSSR count). The number of aromatic nitrogens is 1. The number of halogens is 1. The molecule has 5 heteroatoms. The largest absolute Gasteiger partial charge is 0.445 e. The standard InChI is InChI=1S/C19H19FN2O2/c1-13-16(17-11-15(20)7-8-18(17)22-13)9-10-21-19(23)24-12-14-5-3-2-4-6-14/h2-8,11,22H,9-10,12H2,1H3,(H,21,23). The molecule has 0 saturated carbocycles. The summed E-state index contributed by atoms with van der Waals surface area (Å²) >= 11 is 0. The summed E-state index contributed by atoms with van der Waals surface area (Å²) in [6.07, 6.45) is 0.151. The number of aromatic amines is 1. The minimum atomic E-state index is -0.456. The Hall–Kier alpha value is -2.82. The van der Waals surface area contributed by atoms with Crippen LogP contribution >= 0.6 is 0 Å². The lowest BCUT2D eigenvalue weighted by atomic mass is 10.1. The Morgan fingerprint density at radius 1 is 1.21 bits per heavy atom. The highest BCUT2D eigenvalue weighted by atomic mass is 19.1. The summed E-state index contributed by atoms with van der Waals surface area (Å²) in [6.45, 7) is 2.61. The molecule has 0 unspecified atom stereocenters. The maximum absolute atomic E-state index is 13.4. The first-order chi connectivity index (χ1) is 11.6. The van der Waals surface area contributed by atoms with Crippen molar-refractivity contribution in [3.63, 3.8) is 0 Å². The second kappa shape index (κ2) is 7.17. The van der Waals surface area contributed by atoms with E-state index in [1.54, 1.807) is 6.07 Å². The van der Waals surface area contributed by atoms with Crippen LogP contribution in [0.15, 0.2) is 48.5 Å². The number of ether oxygens (including phenoxy) is 1. The number of rotatable bonds is 5. The van der Waals surface area contributed by atoms with E-state index in [1.165, 1.54) is 12.1 Å². The molecule has 3 aromatic rings. The summed E-state index contributed by atoms with van der Waals surface area (Å²) in [6, 6.07) is 14.2. The summed E-state index contributed by atoms with van der Waals surface area (Å²) in [5.74, 6) is -0.266. The van der Waals surface area contributed by atoms with Crippen molar-refractivity contribution in [2.45, 2.75) is 20.0 Å². The maximum Gasteiger partial charge on any atom is 0.407 e. The number of hydrogen-bond acceptors (Lipinski definition) is 2. The number of benzene rings is 2. The fourth-order valence-electron chi connectivity index (χ4n) is 2.74. The van der Waals surface area contributed by atoms with E-state index in [2.05, 4.69) is 10.3 Å². The van der Waals surface area contributed by atoms with Gasteiger partial charge in [-0.2, -0.15) is 0 Å². The van der Waals surface area contributed by atoms with Gasteiger partial charge in [-0.1, -0.05) is 30.3 Å². The normalized spacial score (nSPS) is 10.8. The van der Waals surface area contributed by atoms with Gasteiger partial charge >= 0.3 is 6.09 Å². The zero-order valence-corrected chi connectivity index (χ0v) is 13.4. The van der Waals surface area contributed by atoms with Crippen LogP contribution in [0.1, 0.15) is 16.8 Å². The zero-order chi connectivity index (χ0) is 16.9. The van der Waals surface area contributed by atoms with Crippen molar-refractivity contribution >= 4 is 17.0 Å². The van der Waals surface area contributed by atoms with Gasteiger partial charge in [-0.05, 0) is 42.7 Å². The Labute approximate surface area is 139 Å². The Morgan fingerprint density at radius 2 is 2.00 bits per heavy atom. The molecule has 4 nitrogen and oxygen atoms in total. The number of hydrogen-bond donors (Lipinski definition) is 2. The fourth-order valence-corrected chi connectivity index (χ4v) is 2.74. The molecule has 1 aromatic heterocycles. The monoisotopic (exact) mass is 326 g/mol. The van der Waals surface area contributed by atoms with Gasteiger partial charge in [0.2, 0.25) is 0 Å². The lowest BCUT2D eigenvalue weighted by Gasteiger charge is -2.07. The number of carbonyl (C=O) groups excluding carboxylic acids is 1. The Bertz CT molecular complexity index is 843. The highest BCUT2D eigenvalue weighted by Gasteiger charge is 2.10. The van der Waals surface area contributed by atoms with Crippen molar-refractivity contribution in [2.24, 2.45) is 0 Å². The highest BCUT2D eigenvalue weighted by molar-refractivity contribution is 5.84. The lowest BCUT2D eigenvalue weighted by Crippen LogP contribution is -2.26. The number of nitrogens with one attached hydrogen (secondary N) is 2. The molecule has 0 atom stereocenters. The summed E-state index contributed by atoms with van der Waals surface area (Å²) in [4.78, 5) is 15.0. The Kier molecular flexibility index (Phi) is 4.79. The minimum Gasteiger partial charge on any atom is -0.445 e. The van der Waals surface area contributed by atoms with Crippen molar-refractivity contribution in [1.82, 2.24) is 10.3 Å². The average molecular weight is 326 g/mol. The first-order valence-electron chi connectivity index (χ1n) is 7.85. The van der Waals surface area contributed by atoms with Crippen LogP contribution in [-0.2, 0) is 17.8 Å². The van der Waals surface area contributed by atoms with Gasteiger partial charge in [0.05, 0.1) is 0 Å². The van der Waals surface area contributed by atoms with E-state index < -0.39 is 6.09 Å². The van der Waals surface area contributed by atoms with E-state index >= 15 is 0 Å². The van der Waals surface area contributed by atoms with Crippen LogP contribution in [0, 0.1) is 12.7 Å². The van der Waals surface area contributed by atoms with Gasteiger partial charge in [0, 0.05) is 23.1 Å². The number of alkyl carbamates (subject to hydrolysis) is 1. The molecule has 1 heterocycles. The summed E-state index contributed by atoms with van der Waals surface area (Å²) in [7, 11) is 0. The summed E-state index contributed by atoms with van der Waals surface area (Å²) < 4.78 is 18.6. The molecule has 0 fully saturated rings. The molecular formula is C19H19FN2O2. The molecule has 1 amide bonds. The minimum absolute atomic E-state index is 0.240. The third-order valence-corrected chi connectivity index (χ3v) is 3.94. The molecule has 24 heavy (non-hydrogen) atoms. The third-order valence-electron chi connectivity index (χ3n) is 3.94. The van der Waals surface area contributed by atoms with Gasteiger partial charge < -0.3 is 15.0 Å². The smallest absolute Gasteiger partial charge is 0.407 e. The SMILES string of the molecule is Cc1[nH]c2ccc(F)cc2c1CCNC(=O)OCc1ccccc1. The van der Waals surface area contributed by atoms with Crippen LogP contribution in [0.2, 0.25) is 0 Å². The van der Waals surface area contributed by atoms with Crippen molar-refractivity contribution in [3.8, 4) is 0 Å². The predicted octanol–water partition coefficient (Wildman–Crippen LogP) is 4.08. The fraction of sp³-hybridized carbons (Fsp3) is 0.211. The number of H-pyrrole nitrogens is 1. The quantitative estimate of drug-likeness (QED) is 0.742. The van der Waals surface area contributed by atoms with Gasteiger partial charge in [0.25, 0.3) is 0 Å². The van der Waals surface area contributed by atoms with Gasteiger partial charge in [-0.25, -0.2) is 9.18 Å². The van der Waals surface area contributed by atoms with E-state index in [0.717, 1.165) is 27.7 Å². The van der Waals surface area contributed by atoms with Crippen LogP contribution < -0.4 is 5.32 Å². The summed E-state index contributed by atoms with van der Waals surface area (Å²) in [5, 5.41) is 3.58.